The third-order valence-electron chi connectivity index (χ3n) is 4.72. The van der Waals surface area contributed by atoms with E-state index in [2.05, 4.69) is 14.7 Å². The van der Waals surface area contributed by atoms with Crippen molar-refractivity contribution in [2.24, 2.45) is 0 Å². The Morgan fingerprint density at radius 2 is 2.38 bits per heavy atom. The van der Waals surface area contributed by atoms with Gasteiger partial charge in [-0.3, -0.25) is 9.59 Å². The predicted octanol–water partition coefficient (Wildman–Crippen LogP) is 0.185. The average Bonchev–Trinajstić information content (AvgIpc) is 3.25. The van der Waals surface area contributed by atoms with Crippen LogP contribution in [0.15, 0.2) is 28.5 Å². The molecule has 1 unspecified atom stereocenters. The number of amides is 1. The quantitative estimate of drug-likeness (QED) is 0.752. The highest BCUT2D eigenvalue weighted by atomic mass is 32.1. The van der Waals surface area contributed by atoms with Gasteiger partial charge in [0.1, 0.15) is 5.60 Å². The molecular formula is C16H19N5O4S. The number of rotatable bonds is 3. The number of aromatic nitrogens is 4. The van der Waals surface area contributed by atoms with Crippen LogP contribution in [0.1, 0.15) is 23.3 Å². The molecule has 2 aliphatic heterocycles. The highest BCUT2D eigenvalue weighted by Crippen LogP contribution is 2.33. The van der Waals surface area contributed by atoms with Gasteiger partial charge in [-0.15, -0.1) is 5.10 Å². The van der Waals surface area contributed by atoms with Gasteiger partial charge in [0.25, 0.3) is 11.5 Å². The van der Waals surface area contributed by atoms with Crippen LogP contribution in [0.5, 0.6) is 0 Å². The van der Waals surface area contributed by atoms with E-state index < -0.39 is 5.60 Å². The van der Waals surface area contributed by atoms with Gasteiger partial charge in [0.15, 0.2) is 5.69 Å². The van der Waals surface area contributed by atoms with E-state index in [1.165, 1.54) is 10.7 Å². The van der Waals surface area contributed by atoms with Crippen LogP contribution in [0.2, 0.25) is 0 Å². The summed E-state index contributed by atoms with van der Waals surface area (Å²) in [6, 6.07) is 3.10. The molecule has 0 radical (unpaired) electrons. The van der Waals surface area contributed by atoms with Crippen LogP contribution in [0.4, 0.5) is 0 Å². The zero-order valence-electron chi connectivity index (χ0n) is 14.1. The smallest absolute Gasteiger partial charge is 0.275 e. The minimum absolute atomic E-state index is 0.137. The summed E-state index contributed by atoms with van der Waals surface area (Å²) in [7, 11) is 0. The molecule has 1 amide bonds. The standard InChI is InChI=1S/C16H19N5O4S/c22-14-2-1-5-17-21(14)8-12-3-4-16(25-12)10-20(6-7-24-11-16)15(23)13-9-26-19-18-13/h1-2,5,9,12H,3-4,6-8,10-11H2/t12?,16-/m0/s1. The summed E-state index contributed by atoms with van der Waals surface area (Å²) in [6.45, 7) is 2.21. The normalized spacial score (nSPS) is 26.2. The minimum atomic E-state index is -0.557. The van der Waals surface area contributed by atoms with Crippen molar-refractivity contribution in [3.8, 4) is 0 Å². The SMILES string of the molecule is O=C(c1csnn1)N1CCOC[C@]2(CCC(Cn3ncccc3=O)O2)C1. The Hall–Kier alpha value is -2.17. The third-order valence-corrected chi connectivity index (χ3v) is 5.22. The Kier molecular flexibility index (Phi) is 4.79. The maximum atomic E-state index is 12.6. The van der Waals surface area contributed by atoms with E-state index in [0.717, 1.165) is 24.4 Å². The van der Waals surface area contributed by atoms with Gasteiger partial charge in [0.05, 0.1) is 32.4 Å². The molecule has 2 aliphatic rings. The lowest BCUT2D eigenvalue weighted by Crippen LogP contribution is -2.47. The highest BCUT2D eigenvalue weighted by molar-refractivity contribution is 7.03. The first-order valence-corrected chi connectivity index (χ1v) is 9.33. The Morgan fingerprint density at radius 1 is 1.46 bits per heavy atom. The van der Waals surface area contributed by atoms with E-state index in [1.807, 2.05) is 0 Å². The molecule has 138 valence electrons. The molecule has 0 saturated carbocycles. The number of nitrogens with zero attached hydrogens (tertiary/aromatic N) is 5. The van der Waals surface area contributed by atoms with Gasteiger partial charge < -0.3 is 14.4 Å². The number of hydrogen-bond donors (Lipinski definition) is 0. The van der Waals surface area contributed by atoms with Gasteiger partial charge in [-0.2, -0.15) is 5.10 Å². The third kappa shape index (κ3) is 3.53. The van der Waals surface area contributed by atoms with Crippen LogP contribution in [0, 0.1) is 0 Å². The Bertz CT molecular complexity index is 826. The molecule has 4 heterocycles. The van der Waals surface area contributed by atoms with Crippen molar-refractivity contribution in [2.75, 3.05) is 26.3 Å². The molecule has 10 heteroatoms. The zero-order chi connectivity index (χ0) is 18.0. The molecule has 9 nitrogen and oxygen atoms in total. The van der Waals surface area contributed by atoms with Crippen molar-refractivity contribution in [3.63, 3.8) is 0 Å². The topological polar surface area (TPSA) is 99.4 Å². The lowest BCUT2D eigenvalue weighted by Gasteiger charge is -2.31. The molecular weight excluding hydrogens is 358 g/mol. The van der Waals surface area contributed by atoms with E-state index >= 15 is 0 Å². The van der Waals surface area contributed by atoms with Crippen molar-refractivity contribution in [2.45, 2.75) is 31.1 Å². The molecule has 2 aromatic heterocycles. The molecule has 2 atom stereocenters. The molecule has 2 aromatic rings. The number of hydrogen-bond acceptors (Lipinski definition) is 8. The molecule has 0 aliphatic carbocycles. The second kappa shape index (κ2) is 7.22. The predicted molar refractivity (Wildman–Crippen MR) is 92.0 cm³/mol. The maximum Gasteiger partial charge on any atom is 0.275 e. The van der Waals surface area contributed by atoms with E-state index in [1.54, 1.807) is 22.5 Å². The van der Waals surface area contributed by atoms with E-state index in [-0.39, 0.29) is 17.6 Å². The van der Waals surface area contributed by atoms with Crippen molar-refractivity contribution >= 4 is 17.4 Å². The first kappa shape index (κ1) is 17.3. The van der Waals surface area contributed by atoms with Gasteiger partial charge in [-0.25, -0.2) is 4.68 Å². The summed E-state index contributed by atoms with van der Waals surface area (Å²) in [5.74, 6) is -0.156. The van der Waals surface area contributed by atoms with Gasteiger partial charge in [-0.05, 0) is 30.4 Å². The van der Waals surface area contributed by atoms with Crippen molar-refractivity contribution in [3.05, 3.63) is 39.8 Å². The molecule has 4 rings (SSSR count). The highest BCUT2D eigenvalue weighted by Gasteiger charge is 2.44. The second-order valence-electron chi connectivity index (χ2n) is 6.57. The Balaban J connectivity index is 1.46. The van der Waals surface area contributed by atoms with Crippen LogP contribution in [0.25, 0.3) is 0 Å². The first-order chi connectivity index (χ1) is 12.7. The summed E-state index contributed by atoms with van der Waals surface area (Å²) < 4.78 is 17.2. The fourth-order valence-electron chi connectivity index (χ4n) is 3.46. The van der Waals surface area contributed by atoms with E-state index in [0.29, 0.717) is 38.5 Å². The molecule has 0 N–H and O–H groups in total. The Labute approximate surface area is 153 Å². The summed E-state index contributed by atoms with van der Waals surface area (Å²) in [4.78, 5) is 26.2. The maximum absolute atomic E-state index is 12.6. The van der Waals surface area contributed by atoms with Crippen molar-refractivity contribution in [1.82, 2.24) is 24.3 Å². The van der Waals surface area contributed by atoms with Gasteiger partial charge >= 0.3 is 0 Å². The lowest BCUT2D eigenvalue weighted by atomic mass is 10.00. The van der Waals surface area contributed by atoms with Gasteiger partial charge in [0, 0.05) is 24.2 Å². The minimum Gasteiger partial charge on any atom is -0.377 e. The van der Waals surface area contributed by atoms with Gasteiger partial charge in [0.2, 0.25) is 0 Å². The van der Waals surface area contributed by atoms with E-state index in [4.69, 9.17) is 9.47 Å². The Morgan fingerprint density at radius 3 is 3.19 bits per heavy atom. The van der Waals surface area contributed by atoms with Gasteiger partial charge in [-0.1, -0.05) is 4.49 Å². The first-order valence-electron chi connectivity index (χ1n) is 8.49. The summed E-state index contributed by atoms with van der Waals surface area (Å²) >= 11 is 1.15. The van der Waals surface area contributed by atoms with Crippen molar-refractivity contribution in [1.29, 1.82) is 0 Å². The number of carbonyl (C=O) groups is 1. The fourth-order valence-corrected chi connectivity index (χ4v) is 3.89. The van der Waals surface area contributed by atoms with Crippen LogP contribution in [0.3, 0.4) is 0 Å². The van der Waals surface area contributed by atoms with Crippen LogP contribution in [-0.4, -0.2) is 68.2 Å². The number of carbonyl (C=O) groups excluding carboxylic acids is 1. The monoisotopic (exact) mass is 377 g/mol. The number of ether oxygens (including phenoxy) is 2. The van der Waals surface area contributed by atoms with Crippen LogP contribution < -0.4 is 5.56 Å². The fraction of sp³-hybridized carbons (Fsp3) is 0.562. The molecule has 0 aromatic carbocycles. The zero-order valence-corrected chi connectivity index (χ0v) is 14.9. The molecule has 0 bridgehead atoms. The largest absolute Gasteiger partial charge is 0.377 e. The lowest BCUT2D eigenvalue weighted by molar-refractivity contribution is -0.0884. The summed E-state index contributed by atoms with van der Waals surface area (Å²) in [5.41, 5.74) is -0.359. The van der Waals surface area contributed by atoms with Crippen molar-refractivity contribution < 1.29 is 14.3 Å². The average molecular weight is 377 g/mol. The summed E-state index contributed by atoms with van der Waals surface area (Å²) in [5, 5.41) is 9.60. The van der Waals surface area contributed by atoms with Crippen LogP contribution >= 0.6 is 11.5 Å². The molecule has 1 spiro atoms. The molecule has 26 heavy (non-hydrogen) atoms. The molecule has 2 saturated heterocycles. The van der Waals surface area contributed by atoms with Crippen LogP contribution in [-0.2, 0) is 16.0 Å². The molecule has 2 fully saturated rings. The van der Waals surface area contributed by atoms with E-state index in [9.17, 15) is 9.59 Å². The second-order valence-corrected chi connectivity index (χ2v) is 7.18. The summed E-state index contributed by atoms with van der Waals surface area (Å²) in [6.07, 6.45) is 3.00.